The van der Waals surface area contributed by atoms with Crippen LogP contribution in [-0.2, 0) is 7.05 Å². The van der Waals surface area contributed by atoms with E-state index in [1.165, 1.54) is 16.4 Å². The molecule has 0 unspecified atom stereocenters. The van der Waals surface area contributed by atoms with Gasteiger partial charge in [0.1, 0.15) is 28.2 Å². The first-order valence-corrected chi connectivity index (χ1v) is 10.1. The number of rotatable bonds is 4. The Morgan fingerprint density at radius 1 is 0.833 bits per heavy atom. The highest BCUT2D eigenvalue weighted by atomic mass is 32.1. The lowest BCUT2D eigenvalue weighted by Gasteiger charge is -2.14. The van der Waals surface area contributed by atoms with Crippen molar-refractivity contribution in [3.63, 3.8) is 0 Å². The molecule has 0 aliphatic carbocycles. The van der Waals surface area contributed by atoms with Crippen LogP contribution >= 0.6 is 11.7 Å². The Balaban J connectivity index is 1.70. The fraction of sp³-hybridized carbons (Fsp3) is 0.0435. The van der Waals surface area contributed by atoms with Crippen molar-refractivity contribution in [3.8, 4) is 33.9 Å². The lowest BCUT2D eigenvalue weighted by molar-refractivity contribution is 0.484. The van der Waals surface area contributed by atoms with Crippen LogP contribution in [0.2, 0.25) is 0 Å². The third kappa shape index (κ3) is 3.35. The van der Waals surface area contributed by atoms with Crippen LogP contribution in [0.3, 0.4) is 0 Å². The van der Waals surface area contributed by atoms with Gasteiger partial charge >= 0.3 is 0 Å². The Hall–Kier alpha value is -3.84. The van der Waals surface area contributed by atoms with Crippen molar-refractivity contribution in [2.75, 3.05) is 0 Å². The highest BCUT2D eigenvalue weighted by Crippen LogP contribution is 2.37. The molecule has 0 N–H and O–H groups in total. The average Bonchev–Trinajstić information content (AvgIpc) is 3.24. The maximum atomic E-state index is 12.4. The molecule has 0 bridgehead atoms. The van der Waals surface area contributed by atoms with Crippen molar-refractivity contribution in [1.82, 2.24) is 18.5 Å². The monoisotopic (exact) mass is 412 g/mol. The van der Waals surface area contributed by atoms with Crippen molar-refractivity contribution in [1.29, 1.82) is 0 Å². The van der Waals surface area contributed by atoms with Crippen LogP contribution in [-0.4, -0.2) is 18.5 Å². The van der Waals surface area contributed by atoms with Crippen LogP contribution in [0.5, 0.6) is 11.5 Å². The van der Waals surface area contributed by atoms with Gasteiger partial charge < -0.3 is 4.74 Å². The van der Waals surface area contributed by atoms with Crippen molar-refractivity contribution < 1.29 is 4.74 Å². The van der Waals surface area contributed by atoms with Crippen LogP contribution < -0.4 is 10.3 Å². The van der Waals surface area contributed by atoms with E-state index in [1.54, 1.807) is 13.1 Å². The molecule has 0 saturated heterocycles. The van der Waals surface area contributed by atoms with Gasteiger partial charge in [0.25, 0.3) is 5.56 Å². The fourth-order valence-corrected chi connectivity index (χ4v) is 3.79. The fourth-order valence-electron chi connectivity index (χ4n) is 3.27. The molecule has 30 heavy (non-hydrogen) atoms. The number of ether oxygens (including phenoxy) is 1. The Morgan fingerprint density at radius 2 is 1.60 bits per heavy atom. The summed E-state index contributed by atoms with van der Waals surface area (Å²) >= 11 is 1.17. The quantitative estimate of drug-likeness (QED) is 0.419. The molecule has 7 heteroatoms. The van der Waals surface area contributed by atoms with E-state index < -0.39 is 0 Å². The zero-order chi connectivity index (χ0) is 20.5. The number of aromatic nitrogens is 4. The maximum absolute atomic E-state index is 12.4. The molecule has 5 rings (SSSR count). The molecule has 0 fully saturated rings. The molecule has 0 atom stereocenters. The summed E-state index contributed by atoms with van der Waals surface area (Å²) < 4.78 is 16.0. The van der Waals surface area contributed by atoms with E-state index in [2.05, 4.69) is 13.8 Å². The molecule has 0 aliphatic rings. The third-order valence-corrected chi connectivity index (χ3v) is 5.33. The lowest BCUT2D eigenvalue weighted by Crippen LogP contribution is -2.19. The van der Waals surface area contributed by atoms with Crippen molar-refractivity contribution >= 4 is 22.8 Å². The molecule has 0 aliphatic heterocycles. The van der Waals surface area contributed by atoms with Gasteiger partial charge in [-0.2, -0.15) is 13.8 Å². The van der Waals surface area contributed by atoms with Gasteiger partial charge in [-0.3, -0.25) is 4.79 Å². The summed E-state index contributed by atoms with van der Waals surface area (Å²) in [6, 6.07) is 24.6. The smallest absolute Gasteiger partial charge is 0.267 e. The Bertz CT molecular complexity index is 1410. The number of aryl methyl sites for hydroxylation is 1. The number of nitrogens with zero attached hydrogens (tertiary/aromatic N) is 4. The van der Waals surface area contributed by atoms with E-state index in [0.717, 1.165) is 33.5 Å². The normalized spacial score (nSPS) is 11.0. The van der Waals surface area contributed by atoms with Crippen molar-refractivity contribution in [3.05, 3.63) is 89.2 Å². The number of para-hydroxylation sites is 2. The second-order valence-corrected chi connectivity index (χ2v) is 7.28. The summed E-state index contributed by atoms with van der Waals surface area (Å²) in [4.78, 5) is 12.4. The van der Waals surface area contributed by atoms with Crippen LogP contribution in [0.4, 0.5) is 0 Å². The van der Waals surface area contributed by atoms with Gasteiger partial charge in [-0.1, -0.05) is 36.4 Å². The topological polar surface area (TPSA) is 69.9 Å². The van der Waals surface area contributed by atoms with Gasteiger partial charge in [-0.05, 0) is 42.0 Å². The number of hydrogen-bond acceptors (Lipinski definition) is 6. The van der Waals surface area contributed by atoms with Crippen LogP contribution in [0.15, 0.2) is 83.7 Å². The Labute approximate surface area is 176 Å². The van der Waals surface area contributed by atoms with Crippen LogP contribution in [0.1, 0.15) is 0 Å². The molecular formula is C23H16N4O2S. The van der Waals surface area contributed by atoms with Gasteiger partial charge in [-0.15, -0.1) is 0 Å². The molecule has 2 aromatic heterocycles. The van der Waals surface area contributed by atoms with Gasteiger partial charge in [0.05, 0.1) is 11.7 Å². The van der Waals surface area contributed by atoms with Crippen molar-refractivity contribution in [2.24, 2.45) is 7.05 Å². The highest BCUT2D eigenvalue weighted by molar-refractivity contribution is 7.00. The summed E-state index contributed by atoms with van der Waals surface area (Å²) in [5.74, 6) is 1.39. The molecule has 0 spiro atoms. The Kier molecular flexibility index (Phi) is 4.57. The Morgan fingerprint density at radius 3 is 2.47 bits per heavy atom. The largest absolute Gasteiger partial charge is 0.457 e. The first-order chi connectivity index (χ1) is 14.7. The van der Waals surface area contributed by atoms with E-state index in [1.807, 2.05) is 72.8 Å². The summed E-state index contributed by atoms with van der Waals surface area (Å²) in [6.07, 6.45) is 0. The number of fused-ring (bicyclic) bond motifs is 1. The first-order valence-electron chi connectivity index (χ1n) is 9.32. The SMILES string of the molecule is Cn1nc(-c2ccccc2Oc2ccccc2)c(-c2ccc3nsnc3c2)cc1=O. The van der Waals surface area contributed by atoms with Crippen molar-refractivity contribution in [2.45, 2.75) is 0 Å². The molecule has 6 nitrogen and oxygen atoms in total. The number of hydrogen-bond donors (Lipinski definition) is 0. The molecule has 0 radical (unpaired) electrons. The van der Waals surface area contributed by atoms with E-state index in [-0.39, 0.29) is 5.56 Å². The summed E-state index contributed by atoms with van der Waals surface area (Å²) in [5, 5.41) is 4.58. The summed E-state index contributed by atoms with van der Waals surface area (Å²) in [7, 11) is 1.64. The molecule has 5 aromatic rings. The summed E-state index contributed by atoms with van der Waals surface area (Å²) in [5.41, 5.74) is 4.45. The lowest BCUT2D eigenvalue weighted by atomic mass is 9.99. The van der Waals surface area contributed by atoms with E-state index in [4.69, 9.17) is 4.74 Å². The average molecular weight is 412 g/mol. The predicted octanol–water partition coefficient (Wildman–Crippen LogP) is 4.91. The third-order valence-electron chi connectivity index (χ3n) is 4.77. The predicted molar refractivity (Wildman–Crippen MR) is 118 cm³/mol. The maximum Gasteiger partial charge on any atom is 0.267 e. The zero-order valence-electron chi connectivity index (χ0n) is 16.0. The van der Waals surface area contributed by atoms with Gasteiger partial charge in [-0.25, -0.2) is 4.68 Å². The molecule has 2 heterocycles. The standard InChI is InChI=1S/C23H16N4O2S/c1-27-22(28)14-18(15-11-12-19-20(13-15)26-30-25-19)23(24-27)17-9-5-6-10-21(17)29-16-7-3-2-4-8-16/h2-14H,1H3. The summed E-state index contributed by atoms with van der Waals surface area (Å²) in [6.45, 7) is 0. The molecule has 146 valence electrons. The van der Waals surface area contributed by atoms with Gasteiger partial charge in [0.15, 0.2) is 0 Å². The van der Waals surface area contributed by atoms with Gasteiger partial charge in [0.2, 0.25) is 0 Å². The molecule has 3 aromatic carbocycles. The number of benzene rings is 3. The van der Waals surface area contributed by atoms with E-state index >= 15 is 0 Å². The highest BCUT2D eigenvalue weighted by Gasteiger charge is 2.17. The molecule has 0 saturated carbocycles. The minimum absolute atomic E-state index is 0.188. The van der Waals surface area contributed by atoms with E-state index in [0.29, 0.717) is 11.4 Å². The molecular weight excluding hydrogens is 396 g/mol. The minimum atomic E-state index is -0.188. The van der Waals surface area contributed by atoms with Crippen LogP contribution in [0.25, 0.3) is 33.4 Å². The first kappa shape index (κ1) is 18.2. The van der Waals surface area contributed by atoms with Crippen LogP contribution in [0, 0.1) is 0 Å². The zero-order valence-corrected chi connectivity index (χ0v) is 16.8. The molecule has 0 amide bonds. The second kappa shape index (κ2) is 7.53. The second-order valence-electron chi connectivity index (χ2n) is 6.75. The van der Waals surface area contributed by atoms with E-state index in [9.17, 15) is 4.79 Å². The van der Waals surface area contributed by atoms with Gasteiger partial charge in [0, 0.05) is 24.2 Å². The minimum Gasteiger partial charge on any atom is -0.457 e.